The largest absolute Gasteiger partial charge is 0.481 e. The van der Waals surface area contributed by atoms with Crippen LogP contribution in [-0.2, 0) is 9.53 Å². The first-order valence-electron chi connectivity index (χ1n) is 9.93. The van der Waals surface area contributed by atoms with Gasteiger partial charge in [-0.05, 0) is 35.1 Å². The molecule has 0 heterocycles. The van der Waals surface area contributed by atoms with E-state index in [0.717, 1.165) is 30.4 Å². The van der Waals surface area contributed by atoms with Crippen LogP contribution < -0.4 is 5.32 Å². The van der Waals surface area contributed by atoms with Gasteiger partial charge in [0.05, 0.1) is 5.41 Å². The molecule has 0 saturated heterocycles. The summed E-state index contributed by atoms with van der Waals surface area (Å²) in [5, 5.41) is 12.3. The fourth-order valence-electron chi connectivity index (χ4n) is 4.59. The molecule has 2 aliphatic carbocycles. The Labute approximate surface area is 164 Å². The molecule has 2 aromatic carbocycles. The molecule has 0 unspecified atom stereocenters. The van der Waals surface area contributed by atoms with Crippen molar-refractivity contribution in [2.75, 3.05) is 13.2 Å². The molecule has 2 N–H and O–H groups in total. The predicted molar refractivity (Wildman–Crippen MR) is 106 cm³/mol. The molecule has 0 aliphatic heterocycles. The molecule has 0 spiro atoms. The van der Waals surface area contributed by atoms with Gasteiger partial charge in [-0.25, -0.2) is 4.79 Å². The van der Waals surface area contributed by atoms with E-state index in [1.165, 1.54) is 11.1 Å². The quantitative estimate of drug-likeness (QED) is 0.798. The van der Waals surface area contributed by atoms with Crippen LogP contribution in [0.15, 0.2) is 48.5 Å². The van der Waals surface area contributed by atoms with Gasteiger partial charge < -0.3 is 15.2 Å². The average molecular weight is 379 g/mol. The van der Waals surface area contributed by atoms with Crippen molar-refractivity contribution in [2.45, 2.75) is 38.0 Å². The van der Waals surface area contributed by atoms with Gasteiger partial charge in [0.1, 0.15) is 6.61 Å². The molecule has 5 nitrogen and oxygen atoms in total. The Morgan fingerprint density at radius 1 is 0.964 bits per heavy atom. The third kappa shape index (κ3) is 3.37. The third-order valence-corrected chi connectivity index (χ3v) is 6.18. The maximum absolute atomic E-state index is 12.3. The number of alkyl carbamates (subject to hydrolysis) is 1. The summed E-state index contributed by atoms with van der Waals surface area (Å²) in [4.78, 5) is 24.0. The molecule has 0 aromatic heterocycles. The van der Waals surface area contributed by atoms with Gasteiger partial charge in [0.2, 0.25) is 0 Å². The standard InChI is InChI=1S/C23H25NO4/c25-21(26)23(12-6-1-7-13-23)15-24-22(27)28-14-20-18-10-4-2-8-16(18)17-9-3-5-11-19(17)20/h2-5,8-11,20H,1,6-7,12-15H2,(H,24,27)(H,25,26). The highest BCUT2D eigenvalue weighted by Crippen LogP contribution is 2.44. The lowest BCUT2D eigenvalue weighted by Gasteiger charge is -2.33. The number of amides is 1. The Morgan fingerprint density at radius 2 is 1.54 bits per heavy atom. The SMILES string of the molecule is O=C(NCC1(C(=O)O)CCCCC1)OCC1c2ccccc2-c2ccccc21. The zero-order valence-corrected chi connectivity index (χ0v) is 15.8. The number of carbonyl (C=O) groups is 2. The van der Waals surface area contributed by atoms with E-state index in [-0.39, 0.29) is 19.1 Å². The van der Waals surface area contributed by atoms with E-state index in [0.29, 0.717) is 12.8 Å². The van der Waals surface area contributed by atoms with Crippen LogP contribution in [0.25, 0.3) is 11.1 Å². The molecule has 0 atom stereocenters. The number of carboxylic acid groups (broad SMARTS) is 1. The second kappa shape index (κ2) is 7.66. The summed E-state index contributed by atoms with van der Waals surface area (Å²) in [6, 6.07) is 16.4. The minimum Gasteiger partial charge on any atom is -0.481 e. The molecular weight excluding hydrogens is 354 g/mol. The number of carboxylic acids is 1. The summed E-state index contributed by atoms with van der Waals surface area (Å²) >= 11 is 0. The monoisotopic (exact) mass is 379 g/mol. The van der Waals surface area contributed by atoms with Gasteiger partial charge in [0, 0.05) is 12.5 Å². The third-order valence-electron chi connectivity index (χ3n) is 6.18. The van der Waals surface area contributed by atoms with Crippen LogP contribution in [0.4, 0.5) is 4.79 Å². The number of ether oxygens (including phenoxy) is 1. The minimum absolute atomic E-state index is 0.00117. The first kappa shape index (κ1) is 18.5. The number of benzene rings is 2. The maximum Gasteiger partial charge on any atom is 0.407 e. The topological polar surface area (TPSA) is 75.6 Å². The van der Waals surface area contributed by atoms with Crippen molar-refractivity contribution in [3.63, 3.8) is 0 Å². The van der Waals surface area contributed by atoms with Crippen molar-refractivity contribution < 1.29 is 19.4 Å². The number of aliphatic carboxylic acids is 1. The Bertz CT molecular complexity index is 840. The predicted octanol–water partition coefficient (Wildman–Crippen LogP) is 4.56. The summed E-state index contributed by atoms with van der Waals surface area (Å²) in [5.41, 5.74) is 3.82. The molecule has 4 rings (SSSR count). The van der Waals surface area contributed by atoms with Crippen molar-refractivity contribution in [3.05, 3.63) is 59.7 Å². The number of nitrogens with one attached hydrogen (secondary N) is 1. The minimum atomic E-state index is -0.857. The molecule has 146 valence electrons. The molecule has 1 fully saturated rings. The van der Waals surface area contributed by atoms with E-state index < -0.39 is 17.5 Å². The highest BCUT2D eigenvalue weighted by Gasteiger charge is 2.40. The molecule has 0 bridgehead atoms. The first-order chi connectivity index (χ1) is 13.6. The van der Waals surface area contributed by atoms with Crippen LogP contribution in [0.5, 0.6) is 0 Å². The van der Waals surface area contributed by atoms with Crippen LogP contribution in [-0.4, -0.2) is 30.3 Å². The van der Waals surface area contributed by atoms with Crippen LogP contribution >= 0.6 is 0 Å². The van der Waals surface area contributed by atoms with E-state index in [2.05, 4.69) is 29.6 Å². The fourth-order valence-corrected chi connectivity index (χ4v) is 4.59. The fraction of sp³-hybridized carbons (Fsp3) is 0.391. The molecule has 2 aromatic rings. The van der Waals surface area contributed by atoms with E-state index in [1.807, 2.05) is 24.3 Å². The van der Waals surface area contributed by atoms with E-state index in [9.17, 15) is 14.7 Å². The number of hydrogen-bond acceptors (Lipinski definition) is 3. The second-order valence-corrected chi connectivity index (χ2v) is 7.83. The lowest BCUT2D eigenvalue weighted by molar-refractivity contribution is -0.150. The van der Waals surface area contributed by atoms with Crippen LogP contribution in [0, 0.1) is 5.41 Å². The maximum atomic E-state index is 12.3. The normalized spacial score (nSPS) is 17.4. The van der Waals surface area contributed by atoms with E-state index in [4.69, 9.17) is 4.74 Å². The van der Waals surface area contributed by atoms with Crippen LogP contribution in [0.3, 0.4) is 0 Å². The lowest BCUT2D eigenvalue weighted by Crippen LogP contribution is -2.44. The van der Waals surface area contributed by atoms with Gasteiger partial charge in [-0.3, -0.25) is 4.79 Å². The van der Waals surface area contributed by atoms with Gasteiger partial charge >= 0.3 is 12.1 Å². The Kier molecular flexibility index (Phi) is 5.07. The van der Waals surface area contributed by atoms with Gasteiger partial charge in [-0.1, -0.05) is 67.8 Å². The van der Waals surface area contributed by atoms with Crippen molar-refractivity contribution >= 4 is 12.1 Å². The Hall–Kier alpha value is -2.82. The van der Waals surface area contributed by atoms with Gasteiger partial charge in [-0.15, -0.1) is 0 Å². The number of rotatable bonds is 5. The highest BCUT2D eigenvalue weighted by molar-refractivity contribution is 5.79. The Balaban J connectivity index is 1.41. The van der Waals surface area contributed by atoms with Crippen molar-refractivity contribution in [1.29, 1.82) is 0 Å². The first-order valence-corrected chi connectivity index (χ1v) is 9.93. The summed E-state index contributed by atoms with van der Waals surface area (Å²) < 4.78 is 5.51. The highest BCUT2D eigenvalue weighted by atomic mass is 16.5. The van der Waals surface area contributed by atoms with Crippen molar-refractivity contribution in [3.8, 4) is 11.1 Å². The molecule has 28 heavy (non-hydrogen) atoms. The Morgan fingerprint density at radius 3 is 2.11 bits per heavy atom. The molecule has 1 amide bonds. The van der Waals surface area contributed by atoms with Gasteiger partial charge in [-0.2, -0.15) is 0 Å². The summed E-state index contributed by atoms with van der Waals surface area (Å²) in [5.74, 6) is -0.826. The summed E-state index contributed by atoms with van der Waals surface area (Å²) in [7, 11) is 0. The summed E-state index contributed by atoms with van der Waals surface area (Å²) in [6.45, 7) is 0.360. The average Bonchev–Trinajstić information content (AvgIpc) is 3.05. The molecule has 0 radical (unpaired) electrons. The van der Waals surface area contributed by atoms with E-state index in [1.54, 1.807) is 0 Å². The molecular formula is C23H25NO4. The number of fused-ring (bicyclic) bond motifs is 3. The van der Waals surface area contributed by atoms with Crippen molar-refractivity contribution in [2.24, 2.45) is 5.41 Å². The lowest BCUT2D eigenvalue weighted by atomic mass is 9.74. The zero-order chi connectivity index (χ0) is 19.6. The molecule has 1 saturated carbocycles. The van der Waals surface area contributed by atoms with E-state index >= 15 is 0 Å². The summed E-state index contributed by atoms with van der Waals surface area (Å²) in [6.07, 6.45) is 3.49. The van der Waals surface area contributed by atoms with Crippen LogP contribution in [0.1, 0.15) is 49.1 Å². The zero-order valence-electron chi connectivity index (χ0n) is 15.8. The van der Waals surface area contributed by atoms with Gasteiger partial charge in [0.15, 0.2) is 0 Å². The molecule has 5 heteroatoms. The number of carbonyl (C=O) groups excluding carboxylic acids is 1. The number of hydrogen-bond donors (Lipinski definition) is 2. The van der Waals surface area contributed by atoms with Crippen LogP contribution in [0.2, 0.25) is 0 Å². The smallest absolute Gasteiger partial charge is 0.407 e. The second-order valence-electron chi connectivity index (χ2n) is 7.83. The van der Waals surface area contributed by atoms with Gasteiger partial charge in [0.25, 0.3) is 0 Å². The van der Waals surface area contributed by atoms with Crippen molar-refractivity contribution in [1.82, 2.24) is 5.32 Å². The molecule has 2 aliphatic rings.